The molecular formula is C17H26N2O3S. The van der Waals surface area contributed by atoms with Gasteiger partial charge in [0.1, 0.15) is 0 Å². The Morgan fingerprint density at radius 3 is 2.52 bits per heavy atom. The lowest BCUT2D eigenvalue weighted by molar-refractivity contribution is -0.116. The number of piperidine rings is 1. The minimum Gasteiger partial charge on any atom is -0.326 e. The first-order valence-electron chi connectivity index (χ1n) is 8.19. The van der Waals surface area contributed by atoms with Crippen molar-refractivity contribution in [3.05, 3.63) is 24.3 Å². The summed E-state index contributed by atoms with van der Waals surface area (Å²) in [6.07, 6.45) is 2.43. The molecule has 1 aromatic rings. The molecule has 0 bridgehead atoms. The second kappa shape index (κ2) is 7.45. The molecule has 0 saturated carbocycles. The monoisotopic (exact) mass is 338 g/mol. The normalized spacial score (nSPS) is 19.7. The Balaban J connectivity index is 2.07. The number of anilines is 1. The molecule has 1 N–H and O–H groups in total. The molecule has 1 saturated heterocycles. The molecule has 1 atom stereocenters. The summed E-state index contributed by atoms with van der Waals surface area (Å²) in [6.45, 7) is 7.20. The maximum absolute atomic E-state index is 12.7. The lowest BCUT2D eigenvalue weighted by Gasteiger charge is -2.30. The Hall–Kier alpha value is -1.40. The zero-order chi connectivity index (χ0) is 17.0. The standard InChI is InChI=1S/C17H26N2O3S/c1-13(2)11-17(20)18-15-6-8-16(9-7-15)23(21,22)19-10-4-5-14(3)12-19/h6-9,13-14H,4-5,10-12H2,1-3H3,(H,18,20)/t14-/m0/s1. The average Bonchev–Trinajstić information content (AvgIpc) is 2.47. The van der Waals surface area contributed by atoms with E-state index in [2.05, 4.69) is 12.2 Å². The topological polar surface area (TPSA) is 66.5 Å². The fraction of sp³-hybridized carbons (Fsp3) is 0.588. The van der Waals surface area contributed by atoms with Gasteiger partial charge in [-0.1, -0.05) is 20.8 Å². The second-order valence-electron chi connectivity index (χ2n) is 6.78. The minimum absolute atomic E-state index is 0.0551. The second-order valence-corrected chi connectivity index (χ2v) is 8.72. The first kappa shape index (κ1) is 17.9. The quantitative estimate of drug-likeness (QED) is 0.897. The van der Waals surface area contributed by atoms with Crippen molar-refractivity contribution in [2.45, 2.75) is 44.9 Å². The number of hydrogen-bond donors (Lipinski definition) is 1. The van der Waals surface area contributed by atoms with Gasteiger partial charge in [0.2, 0.25) is 15.9 Å². The number of amides is 1. The number of carbonyl (C=O) groups is 1. The Kier molecular flexibility index (Phi) is 5.81. The molecule has 0 unspecified atom stereocenters. The van der Waals surface area contributed by atoms with Gasteiger partial charge in [0.05, 0.1) is 4.90 Å². The van der Waals surface area contributed by atoms with Crippen LogP contribution in [0.3, 0.4) is 0 Å². The molecule has 0 aromatic heterocycles. The van der Waals surface area contributed by atoms with Gasteiger partial charge in [-0.15, -0.1) is 0 Å². The minimum atomic E-state index is -3.44. The summed E-state index contributed by atoms with van der Waals surface area (Å²) < 4.78 is 26.9. The van der Waals surface area contributed by atoms with Crippen molar-refractivity contribution >= 4 is 21.6 Å². The van der Waals surface area contributed by atoms with Crippen LogP contribution in [0.4, 0.5) is 5.69 Å². The van der Waals surface area contributed by atoms with E-state index in [0.29, 0.717) is 31.1 Å². The number of nitrogens with zero attached hydrogens (tertiary/aromatic N) is 1. The lowest BCUT2D eigenvalue weighted by Crippen LogP contribution is -2.39. The molecule has 0 spiro atoms. The van der Waals surface area contributed by atoms with E-state index in [0.717, 1.165) is 12.8 Å². The van der Waals surface area contributed by atoms with Crippen LogP contribution in [0.2, 0.25) is 0 Å². The number of nitrogens with one attached hydrogen (secondary N) is 1. The van der Waals surface area contributed by atoms with E-state index >= 15 is 0 Å². The molecule has 2 rings (SSSR count). The van der Waals surface area contributed by atoms with Crippen molar-refractivity contribution in [2.24, 2.45) is 11.8 Å². The van der Waals surface area contributed by atoms with Crippen molar-refractivity contribution in [3.63, 3.8) is 0 Å². The van der Waals surface area contributed by atoms with Crippen LogP contribution in [0.25, 0.3) is 0 Å². The van der Waals surface area contributed by atoms with Crippen LogP contribution >= 0.6 is 0 Å². The zero-order valence-corrected chi connectivity index (χ0v) is 14.9. The molecule has 1 fully saturated rings. The molecule has 1 aliphatic rings. The third-order valence-corrected chi connectivity index (χ3v) is 5.87. The summed E-state index contributed by atoms with van der Waals surface area (Å²) in [7, 11) is -3.44. The van der Waals surface area contributed by atoms with E-state index in [9.17, 15) is 13.2 Å². The molecule has 0 aliphatic carbocycles. The number of benzene rings is 1. The fourth-order valence-electron chi connectivity index (χ4n) is 2.81. The Labute approximate surface area is 139 Å². The predicted octanol–water partition coefficient (Wildman–Crippen LogP) is 3.09. The molecule has 1 aromatic carbocycles. The molecule has 1 aliphatic heterocycles. The van der Waals surface area contributed by atoms with Gasteiger partial charge in [-0.3, -0.25) is 4.79 Å². The largest absolute Gasteiger partial charge is 0.326 e. The SMILES string of the molecule is CC(C)CC(=O)Nc1ccc(S(=O)(=O)N2CCC[C@H](C)C2)cc1. The molecule has 1 amide bonds. The Morgan fingerprint density at radius 1 is 1.30 bits per heavy atom. The smallest absolute Gasteiger partial charge is 0.243 e. The number of rotatable bonds is 5. The van der Waals surface area contributed by atoms with E-state index in [1.165, 1.54) is 0 Å². The van der Waals surface area contributed by atoms with Crippen LogP contribution in [0.1, 0.15) is 40.0 Å². The summed E-state index contributed by atoms with van der Waals surface area (Å²) in [5, 5.41) is 2.79. The average molecular weight is 338 g/mol. The van der Waals surface area contributed by atoms with Crippen LogP contribution in [0, 0.1) is 11.8 Å². The van der Waals surface area contributed by atoms with E-state index in [1.54, 1.807) is 28.6 Å². The first-order valence-corrected chi connectivity index (χ1v) is 9.63. The van der Waals surface area contributed by atoms with Gasteiger partial charge in [-0.2, -0.15) is 4.31 Å². The maximum atomic E-state index is 12.7. The van der Waals surface area contributed by atoms with E-state index < -0.39 is 10.0 Å². The van der Waals surface area contributed by atoms with Gasteiger partial charge < -0.3 is 5.32 Å². The molecule has 128 valence electrons. The van der Waals surface area contributed by atoms with Crippen LogP contribution in [0.15, 0.2) is 29.2 Å². The van der Waals surface area contributed by atoms with Gasteiger partial charge in [0.15, 0.2) is 0 Å². The zero-order valence-electron chi connectivity index (χ0n) is 14.1. The summed E-state index contributed by atoms with van der Waals surface area (Å²) in [5.41, 5.74) is 0.626. The van der Waals surface area contributed by atoms with Crippen molar-refractivity contribution in [1.29, 1.82) is 0 Å². The van der Waals surface area contributed by atoms with E-state index in [1.807, 2.05) is 13.8 Å². The molecular weight excluding hydrogens is 312 g/mol. The van der Waals surface area contributed by atoms with Gasteiger partial charge >= 0.3 is 0 Å². The van der Waals surface area contributed by atoms with Gasteiger partial charge in [0.25, 0.3) is 0 Å². The third kappa shape index (κ3) is 4.78. The highest BCUT2D eigenvalue weighted by molar-refractivity contribution is 7.89. The molecule has 6 heteroatoms. The number of sulfonamides is 1. The Morgan fingerprint density at radius 2 is 1.96 bits per heavy atom. The van der Waals surface area contributed by atoms with Crippen molar-refractivity contribution in [3.8, 4) is 0 Å². The highest BCUT2D eigenvalue weighted by Crippen LogP contribution is 2.24. The first-order chi connectivity index (χ1) is 10.8. The number of carbonyl (C=O) groups excluding carboxylic acids is 1. The van der Waals surface area contributed by atoms with E-state index in [-0.39, 0.29) is 16.7 Å². The summed E-state index contributed by atoms with van der Waals surface area (Å²) in [5.74, 6) is 0.629. The van der Waals surface area contributed by atoms with Gasteiger partial charge in [-0.25, -0.2) is 8.42 Å². The van der Waals surface area contributed by atoms with Crippen molar-refractivity contribution < 1.29 is 13.2 Å². The molecule has 0 radical (unpaired) electrons. The van der Waals surface area contributed by atoms with Crippen LogP contribution in [0.5, 0.6) is 0 Å². The molecule has 23 heavy (non-hydrogen) atoms. The molecule has 5 nitrogen and oxygen atoms in total. The third-order valence-electron chi connectivity index (χ3n) is 3.99. The van der Waals surface area contributed by atoms with Crippen LogP contribution < -0.4 is 5.32 Å². The van der Waals surface area contributed by atoms with Crippen LogP contribution in [-0.4, -0.2) is 31.7 Å². The highest BCUT2D eigenvalue weighted by Gasteiger charge is 2.28. The Bertz CT molecular complexity index is 638. The summed E-state index contributed by atoms with van der Waals surface area (Å²) in [6, 6.07) is 6.44. The van der Waals surface area contributed by atoms with Gasteiger partial charge in [0, 0.05) is 25.2 Å². The van der Waals surface area contributed by atoms with E-state index in [4.69, 9.17) is 0 Å². The molecule has 1 heterocycles. The predicted molar refractivity (Wildman–Crippen MR) is 91.7 cm³/mol. The fourth-order valence-corrected chi connectivity index (χ4v) is 4.41. The maximum Gasteiger partial charge on any atom is 0.243 e. The van der Waals surface area contributed by atoms with Crippen LogP contribution in [-0.2, 0) is 14.8 Å². The summed E-state index contributed by atoms with van der Waals surface area (Å²) >= 11 is 0. The lowest BCUT2D eigenvalue weighted by atomic mass is 10.0. The number of hydrogen-bond acceptors (Lipinski definition) is 3. The summed E-state index contributed by atoms with van der Waals surface area (Å²) in [4.78, 5) is 12.0. The van der Waals surface area contributed by atoms with Crippen molar-refractivity contribution in [1.82, 2.24) is 4.31 Å². The van der Waals surface area contributed by atoms with Crippen molar-refractivity contribution in [2.75, 3.05) is 18.4 Å². The van der Waals surface area contributed by atoms with Gasteiger partial charge in [-0.05, 0) is 48.9 Å². The highest BCUT2D eigenvalue weighted by atomic mass is 32.2.